The second-order valence-electron chi connectivity index (χ2n) is 3.80. The van der Waals surface area contributed by atoms with E-state index in [1.165, 1.54) is 5.56 Å². The first-order valence-corrected chi connectivity index (χ1v) is 4.39. The highest BCUT2D eigenvalue weighted by molar-refractivity contribution is 5.85. The Labute approximate surface area is 86.7 Å². The first kappa shape index (κ1) is 12.5. The number of halogens is 1. The molecule has 0 aliphatic rings. The second kappa shape index (κ2) is 4.64. The number of hydrogen-bond donors (Lipinski definition) is 1. The molecule has 1 atom stereocenters. The van der Waals surface area contributed by atoms with Crippen LogP contribution >= 0.6 is 12.4 Å². The van der Waals surface area contributed by atoms with E-state index >= 15 is 0 Å². The van der Waals surface area contributed by atoms with Gasteiger partial charge >= 0.3 is 0 Å². The van der Waals surface area contributed by atoms with Crippen LogP contribution in [0, 0.1) is 5.92 Å². The van der Waals surface area contributed by atoms with Crippen molar-refractivity contribution in [3.05, 3.63) is 35.9 Å². The Bertz CT molecular complexity index is 242. The Balaban J connectivity index is 0.00000144. The number of benzene rings is 1. The molecule has 0 radical (unpaired) electrons. The second-order valence-corrected chi connectivity index (χ2v) is 3.80. The zero-order valence-electron chi connectivity index (χ0n) is 8.45. The monoisotopic (exact) mass is 199 g/mol. The molecule has 0 bridgehead atoms. The minimum atomic E-state index is -0.207. The van der Waals surface area contributed by atoms with Gasteiger partial charge in [0.2, 0.25) is 0 Å². The predicted molar refractivity (Wildman–Crippen MR) is 60.1 cm³/mol. The molecule has 0 saturated heterocycles. The quantitative estimate of drug-likeness (QED) is 0.779. The van der Waals surface area contributed by atoms with Gasteiger partial charge in [-0.3, -0.25) is 0 Å². The molecule has 0 aromatic heterocycles. The third-order valence-corrected chi connectivity index (χ3v) is 2.60. The first-order valence-electron chi connectivity index (χ1n) is 4.39. The number of rotatable bonds is 2. The smallest absolute Gasteiger partial charge is 0.0404 e. The van der Waals surface area contributed by atoms with Crippen molar-refractivity contribution in [2.24, 2.45) is 11.7 Å². The molecule has 0 spiro atoms. The van der Waals surface area contributed by atoms with Crippen LogP contribution in [-0.2, 0) is 5.54 Å². The van der Waals surface area contributed by atoms with Crippen LogP contribution in [0.3, 0.4) is 0 Å². The van der Waals surface area contributed by atoms with Gasteiger partial charge in [-0.15, -0.1) is 12.4 Å². The highest BCUT2D eigenvalue weighted by Crippen LogP contribution is 2.25. The molecule has 0 aliphatic carbocycles. The van der Waals surface area contributed by atoms with Gasteiger partial charge in [0.15, 0.2) is 0 Å². The SMILES string of the molecule is CC(C)[C@@](C)(N)c1ccccc1.Cl. The normalized spacial score (nSPS) is 14.8. The lowest BCUT2D eigenvalue weighted by Gasteiger charge is -2.29. The maximum absolute atomic E-state index is 6.18. The van der Waals surface area contributed by atoms with Gasteiger partial charge in [0.25, 0.3) is 0 Å². The minimum Gasteiger partial charge on any atom is -0.321 e. The van der Waals surface area contributed by atoms with Crippen molar-refractivity contribution in [3.63, 3.8) is 0 Å². The van der Waals surface area contributed by atoms with E-state index in [1.807, 2.05) is 18.2 Å². The maximum atomic E-state index is 6.18. The van der Waals surface area contributed by atoms with Crippen molar-refractivity contribution in [2.45, 2.75) is 26.3 Å². The summed E-state index contributed by atoms with van der Waals surface area (Å²) in [5.74, 6) is 0.458. The molecule has 1 aromatic rings. The highest BCUT2D eigenvalue weighted by Gasteiger charge is 2.24. The lowest BCUT2D eigenvalue weighted by molar-refractivity contribution is 0.350. The maximum Gasteiger partial charge on any atom is 0.0404 e. The van der Waals surface area contributed by atoms with Gasteiger partial charge in [-0.1, -0.05) is 44.2 Å². The molecule has 0 aliphatic heterocycles. The molecule has 0 fully saturated rings. The van der Waals surface area contributed by atoms with Crippen LogP contribution in [0.5, 0.6) is 0 Å². The predicted octanol–water partition coefficient (Wildman–Crippen LogP) is 2.94. The fourth-order valence-corrected chi connectivity index (χ4v) is 1.13. The van der Waals surface area contributed by atoms with Crippen molar-refractivity contribution in [1.82, 2.24) is 0 Å². The molecule has 74 valence electrons. The van der Waals surface area contributed by atoms with Gasteiger partial charge in [-0.2, -0.15) is 0 Å². The standard InChI is InChI=1S/C11H17N.ClH/c1-9(2)11(3,12)10-7-5-4-6-8-10;/h4-9H,12H2,1-3H3;1H/t11-;/m1./s1. The third-order valence-electron chi connectivity index (χ3n) is 2.60. The lowest BCUT2D eigenvalue weighted by atomic mass is 9.83. The van der Waals surface area contributed by atoms with E-state index < -0.39 is 0 Å². The summed E-state index contributed by atoms with van der Waals surface area (Å²) in [5.41, 5.74) is 7.18. The molecule has 0 unspecified atom stereocenters. The van der Waals surface area contributed by atoms with Crippen LogP contribution in [0.1, 0.15) is 26.3 Å². The van der Waals surface area contributed by atoms with E-state index in [9.17, 15) is 0 Å². The van der Waals surface area contributed by atoms with Crippen molar-refractivity contribution >= 4 is 12.4 Å². The number of nitrogens with two attached hydrogens (primary N) is 1. The molecule has 2 N–H and O–H groups in total. The van der Waals surface area contributed by atoms with Gasteiger partial charge in [0.1, 0.15) is 0 Å². The molecular weight excluding hydrogens is 182 g/mol. The molecule has 1 nitrogen and oxygen atoms in total. The van der Waals surface area contributed by atoms with E-state index in [4.69, 9.17) is 5.73 Å². The summed E-state index contributed by atoms with van der Waals surface area (Å²) in [4.78, 5) is 0. The lowest BCUT2D eigenvalue weighted by Crippen LogP contribution is -2.38. The van der Waals surface area contributed by atoms with Crippen molar-refractivity contribution in [1.29, 1.82) is 0 Å². The van der Waals surface area contributed by atoms with Crippen LogP contribution in [0.15, 0.2) is 30.3 Å². The summed E-state index contributed by atoms with van der Waals surface area (Å²) >= 11 is 0. The summed E-state index contributed by atoms with van der Waals surface area (Å²) in [5, 5.41) is 0. The zero-order chi connectivity index (χ0) is 9.19. The van der Waals surface area contributed by atoms with Crippen LogP contribution in [0.4, 0.5) is 0 Å². The van der Waals surface area contributed by atoms with Crippen LogP contribution in [0.25, 0.3) is 0 Å². The van der Waals surface area contributed by atoms with Crippen molar-refractivity contribution in [2.75, 3.05) is 0 Å². The summed E-state index contributed by atoms with van der Waals surface area (Å²) < 4.78 is 0. The van der Waals surface area contributed by atoms with Gasteiger partial charge in [0, 0.05) is 5.54 Å². The average Bonchev–Trinajstić information content (AvgIpc) is 2.06. The van der Waals surface area contributed by atoms with Crippen LogP contribution < -0.4 is 5.73 Å². The fraction of sp³-hybridized carbons (Fsp3) is 0.455. The first-order chi connectivity index (χ1) is 5.55. The molecule has 0 heterocycles. The largest absolute Gasteiger partial charge is 0.321 e. The summed E-state index contributed by atoms with van der Waals surface area (Å²) in [6, 6.07) is 10.2. The summed E-state index contributed by atoms with van der Waals surface area (Å²) in [6.07, 6.45) is 0. The van der Waals surface area contributed by atoms with E-state index in [1.54, 1.807) is 0 Å². The molecule has 2 heteroatoms. The molecule has 1 aromatic carbocycles. The van der Waals surface area contributed by atoms with Gasteiger partial charge in [-0.25, -0.2) is 0 Å². The van der Waals surface area contributed by atoms with E-state index in [0.717, 1.165) is 0 Å². The zero-order valence-corrected chi connectivity index (χ0v) is 9.27. The minimum absolute atomic E-state index is 0. The molecule has 0 amide bonds. The van der Waals surface area contributed by atoms with E-state index in [0.29, 0.717) is 5.92 Å². The average molecular weight is 200 g/mol. The van der Waals surface area contributed by atoms with Gasteiger partial charge < -0.3 is 5.73 Å². The molecule has 1 rings (SSSR count). The van der Waals surface area contributed by atoms with Crippen LogP contribution in [-0.4, -0.2) is 0 Å². The third kappa shape index (κ3) is 2.71. The van der Waals surface area contributed by atoms with E-state index in [2.05, 4.69) is 32.9 Å². The van der Waals surface area contributed by atoms with E-state index in [-0.39, 0.29) is 17.9 Å². The summed E-state index contributed by atoms with van der Waals surface area (Å²) in [7, 11) is 0. The van der Waals surface area contributed by atoms with Gasteiger partial charge in [-0.05, 0) is 18.4 Å². The summed E-state index contributed by atoms with van der Waals surface area (Å²) in [6.45, 7) is 6.37. The number of hydrogen-bond acceptors (Lipinski definition) is 1. The molecular formula is C11H18ClN. The van der Waals surface area contributed by atoms with Crippen molar-refractivity contribution < 1.29 is 0 Å². The Kier molecular flexibility index (Phi) is 4.45. The Hall–Kier alpha value is -0.530. The molecule has 13 heavy (non-hydrogen) atoms. The Morgan fingerprint density at radius 2 is 1.62 bits per heavy atom. The fourth-order valence-electron chi connectivity index (χ4n) is 1.13. The Morgan fingerprint density at radius 1 is 1.15 bits per heavy atom. The topological polar surface area (TPSA) is 26.0 Å². The van der Waals surface area contributed by atoms with Gasteiger partial charge in [0.05, 0.1) is 0 Å². The Morgan fingerprint density at radius 3 is 2.00 bits per heavy atom. The molecule has 0 saturated carbocycles. The van der Waals surface area contributed by atoms with Crippen molar-refractivity contribution in [3.8, 4) is 0 Å². The highest BCUT2D eigenvalue weighted by atomic mass is 35.5. The van der Waals surface area contributed by atoms with Crippen LogP contribution in [0.2, 0.25) is 0 Å².